The molecule has 0 aliphatic carbocycles. The summed E-state index contributed by atoms with van der Waals surface area (Å²) in [5, 5.41) is 12.7. The highest BCUT2D eigenvalue weighted by Crippen LogP contribution is 2.40. The van der Waals surface area contributed by atoms with Crippen LogP contribution in [0, 0.1) is 5.82 Å². The first-order valence-corrected chi connectivity index (χ1v) is 11.9. The molecule has 1 N–H and O–H groups in total. The summed E-state index contributed by atoms with van der Waals surface area (Å²) < 4.78 is 20.6. The summed E-state index contributed by atoms with van der Waals surface area (Å²) in [6, 6.07) is 12.2. The normalized spacial score (nSPS) is 13.3. The lowest BCUT2D eigenvalue weighted by Gasteiger charge is -2.32. The number of Topliss-reactive ketones (excluding diaryl/α,β-unsaturated/α-hetero) is 1. The number of carbonyl (C=O) groups is 2. The number of fused-ring (bicyclic) bond motifs is 1. The van der Waals surface area contributed by atoms with Crippen molar-refractivity contribution in [3.63, 3.8) is 0 Å². The van der Waals surface area contributed by atoms with Crippen molar-refractivity contribution in [3.8, 4) is 11.3 Å². The summed E-state index contributed by atoms with van der Waals surface area (Å²) in [5.74, 6) is -2.02. The van der Waals surface area contributed by atoms with Gasteiger partial charge in [-0.05, 0) is 68.5 Å². The second kappa shape index (κ2) is 10.6. The van der Waals surface area contributed by atoms with E-state index >= 15 is 0 Å². The van der Waals surface area contributed by atoms with Gasteiger partial charge in [0.2, 0.25) is 0 Å². The van der Waals surface area contributed by atoms with Crippen molar-refractivity contribution in [1.82, 2.24) is 4.57 Å². The van der Waals surface area contributed by atoms with Crippen molar-refractivity contribution in [2.45, 2.75) is 64.7 Å². The molecule has 0 fully saturated rings. The summed E-state index contributed by atoms with van der Waals surface area (Å²) in [7, 11) is 0. The molecule has 0 saturated heterocycles. The summed E-state index contributed by atoms with van der Waals surface area (Å²) in [5.41, 5.74) is -2.39. The van der Waals surface area contributed by atoms with Crippen LogP contribution in [0.1, 0.15) is 52.5 Å². The molecule has 1 aromatic heterocycles. The maximum atomic E-state index is 13.8. The molecular formula is C29H32FNO5. The number of rotatable bonds is 9. The quantitative estimate of drug-likeness (QED) is 0.249. The standard InChI is InChI=1S/C29H32FNO5/c1-6-16-29(35,23(32)18-24(33)36-28(3,4)5)25-21-10-8-9-11-22(21)27(34)31(17-7-2)26(25)19-12-14-20(30)15-13-19/h6,8-15,35H,1,7,16-18H2,2-5H3. The Hall–Kier alpha value is -3.58. The molecule has 0 amide bonds. The predicted molar refractivity (Wildman–Crippen MR) is 138 cm³/mol. The van der Waals surface area contributed by atoms with Gasteiger partial charge in [0.05, 0.1) is 5.69 Å². The van der Waals surface area contributed by atoms with E-state index in [2.05, 4.69) is 6.58 Å². The predicted octanol–water partition coefficient (Wildman–Crippen LogP) is 5.28. The second-order valence-corrected chi connectivity index (χ2v) is 9.77. The Bertz CT molecular complexity index is 1350. The first kappa shape index (κ1) is 27.0. The summed E-state index contributed by atoms with van der Waals surface area (Å²) in [6.45, 7) is 11.0. The van der Waals surface area contributed by atoms with Crippen LogP contribution in [-0.2, 0) is 26.5 Å². The molecule has 36 heavy (non-hydrogen) atoms. The lowest BCUT2D eigenvalue weighted by molar-refractivity contribution is -0.159. The number of pyridine rings is 1. The fourth-order valence-corrected chi connectivity index (χ4v) is 4.38. The third-order valence-electron chi connectivity index (χ3n) is 5.78. The Balaban J connectivity index is 2.40. The second-order valence-electron chi connectivity index (χ2n) is 9.77. The number of nitrogens with zero attached hydrogens (tertiary/aromatic N) is 1. The molecule has 0 aliphatic heterocycles. The third kappa shape index (κ3) is 5.46. The zero-order valence-electron chi connectivity index (χ0n) is 21.1. The number of aliphatic hydroxyl groups is 1. The lowest BCUT2D eigenvalue weighted by atomic mass is 9.79. The van der Waals surface area contributed by atoms with Crippen LogP contribution in [0.2, 0.25) is 0 Å². The first-order chi connectivity index (χ1) is 16.9. The van der Waals surface area contributed by atoms with Gasteiger partial charge < -0.3 is 14.4 Å². The van der Waals surface area contributed by atoms with Crippen LogP contribution in [0.5, 0.6) is 0 Å². The van der Waals surface area contributed by atoms with Gasteiger partial charge in [-0.3, -0.25) is 14.4 Å². The molecule has 3 rings (SSSR count). The first-order valence-electron chi connectivity index (χ1n) is 11.9. The lowest BCUT2D eigenvalue weighted by Crippen LogP contribution is -2.40. The molecule has 3 aromatic rings. The number of hydrogen-bond acceptors (Lipinski definition) is 5. The number of aromatic nitrogens is 1. The maximum Gasteiger partial charge on any atom is 0.313 e. The van der Waals surface area contributed by atoms with Gasteiger partial charge in [-0.25, -0.2) is 4.39 Å². The van der Waals surface area contributed by atoms with E-state index in [1.54, 1.807) is 45.0 Å². The number of ketones is 1. The van der Waals surface area contributed by atoms with Gasteiger partial charge in [-0.2, -0.15) is 0 Å². The molecule has 0 saturated carbocycles. The molecule has 7 heteroatoms. The molecule has 0 radical (unpaired) electrons. The number of ether oxygens (including phenoxy) is 1. The maximum absolute atomic E-state index is 13.8. The van der Waals surface area contributed by atoms with Crippen LogP contribution in [0.15, 0.2) is 66.0 Å². The number of carbonyl (C=O) groups excluding carboxylic acids is 2. The van der Waals surface area contributed by atoms with E-state index in [1.165, 1.54) is 34.9 Å². The number of hydrogen-bond donors (Lipinski definition) is 1. The van der Waals surface area contributed by atoms with Crippen LogP contribution in [0.3, 0.4) is 0 Å². The highest BCUT2D eigenvalue weighted by molar-refractivity contribution is 6.05. The smallest absolute Gasteiger partial charge is 0.313 e. The van der Waals surface area contributed by atoms with Crippen LogP contribution in [-0.4, -0.2) is 27.0 Å². The van der Waals surface area contributed by atoms with Crippen molar-refractivity contribution in [2.75, 3.05) is 0 Å². The summed E-state index contributed by atoms with van der Waals surface area (Å²) in [6.07, 6.45) is 1.10. The Morgan fingerprint density at radius 1 is 1.08 bits per heavy atom. The van der Waals surface area contributed by atoms with E-state index < -0.39 is 35.2 Å². The van der Waals surface area contributed by atoms with E-state index in [-0.39, 0.29) is 17.5 Å². The Kier molecular flexibility index (Phi) is 7.94. The van der Waals surface area contributed by atoms with E-state index in [4.69, 9.17) is 4.74 Å². The molecule has 0 aliphatic rings. The average Bonchev–Trinajstić information content (AvgIpc) is 2.80. The van der Waals surface area contributed by atoms with E-state index in [0.29, 0.717) is 35.0 Å². The van der Waals surface area contributed by atoms with E-state index in [9.17, 15) is 23.9 Å². The number of esters is 1. The zero-order valence-corrected chi connectivity index (χ0v) is 21.1. The van der Waals surface area contributed by atoms with Gasteiger partial charge in [0.25, 0.3) is 5.56 Å². The molecule has 0 bridgehead atoms. The van der Waals surface area contributed by atoms with Gasteiger partial charge in [-0.15, -0.1) is 6.58 Å². The minimum Gasteiger partial charge on any atom is -0.460 e. The molecule has 6 nitrogen and oxygen atoms in total. The Labute approximate surface area is 210 Å². The van der Waals surface area contributed by atoms with Gasteiger partial charge in [0.15, 0.2) is 11.4 Å². The fraction of sp³-hybridized carbons (Fsp3) is 0.345. The highest BCUT2D eigenvalue weighted by Gasteiger charge is 2.42. The van der Waals surface area contributed by atoms with Crippen LogP contribution in [0.4, 0.5) is 4.39 Å². The summed E-state index contributed by atoms with van der Waals surface area (Å²) in [4.78, 5) is 39.7. The minimum atomic E-state index is -2.20. The summed E-state index contributed by atoms with van der Waals surface area (Å²) >= 11 is 0. The van der Waals surface area contributed by atoms with Gasteiger partial charge in [-0.1, -0.05) is 31.2 Å². The highest BCUT2D eigenvalue weighted by atomic mass is 19.1. The third-order valence-corrected chi connectivity index (χ3v) is 5.78. The van der Waals surface area contributed by atoms with Gasteiger partial charge in [0, 0.05) is 23.9 Å². The van der Waals surface area contributed by atoms with Crippen molar-refractivity contribution >= 4 is 22.5 Å². The Morgan fingerprint density at radius 3 is 2.25 bits per heavy atom. The van der Waals surface area contributed by atoms with Crippen molar-refractivity contribution < 1.29 is 23.8 Å². The monoisotopic (exact) mass is 493 g/mol. The van der Waals surface area contributed by atoms with Crippen molar-refractivity contribution in [1.29, 1.82) is 0 Å². The van der Waals surface area contributed by atoms with Crippen molar-refractivity contribution in [2.24, 2.45) is 0 Å². The molecule has 1 atom stereocenters. The van der Waals surface area contributed by atoms with Crippen LogP contribution < -0.4 is 5.56 Å². The fourth-order valence-electron chi connectivity index (χ4n) is 4.38. The van der Waals surface area contributed by atoms with E-state index in [0.717, 1.165) is 0 Å². The zero-order chi connectivity index (χ0) is 26.7. The molecule has 0 spiro atoms. The number of benzene rings is 2. The molecule has 1 heterocycles. The van der Waals surface area contributed by atoms with E-state index in [1.807, 2.05) is 6.92 Å². The largest absolute Gasteiger partial charge is 0.460 e. The van der Waals surface area contributed by atoms with Crippen molar-refractivity contribution in [3.05, 3.63) is 82.9 Å². The molecule has 190 valence electrons. The molecule has 1 unspecified atom stereocenters. The SMILES string of the molecule is C=CCC(O)(C(=O)CC(=O)OC(C)(C)C)c1c(-c2ccc(F)cc2)n(CCC)c(=O)c2ccccc12. The number of halogens is 1. The molecule has 2 aromatic carbocycles. The average molecular weight is 494 g/mol. The topological polar surface area (TPSA) is 85.6 Å². The van der Waals surface area contributed by atoms with Crippen LogP contribution >= 0.6 is 0 Å². The van der Waals surface area contributed by atoms with Gasteiger partial charge >= 0.3 is 5.97 Å². The Morgan fingerprint density at radius 2 is 1.69 bits per heavy atom. The van der Waals surface area contributed by atoms with Crippen LogP contribution in [0.25, 0.3) is 22.0 Å². The van der Waals surface area contributed by atoms with Gasteiger partial charge in [0.1, 0.15) is 17.8 Å². The minimum absolute atomic E-state index is 0.172. The molecular weight excluding hydrogens is 461 g/mol.